The molecule has 1 saturated heterocycles. The number of hydrogen-bond acceptors (Lipinski definition) is 14. The van der Waals surface area contributed by atoms with Crippen molar-refractivity contribution in [1.82, 2.24) is 5.32 Å². The second kappa shape index (κ2) is 24.1. The van der Waals surface area contributed by atoms with E-state index in [1.807, 2.05) is 33.8 Å². The predicted octanol–water partition coefficient (Wildman–Crippen LogP) is 5.36. The number of Topliss-reactive ketones (excluding diaryl/α,β-unsaturated/α-hetero) is 1. The molecule has 2 aliphatic heterocycles. The molecule has 6 N–H and O–H groups in total. The van der Waals surface area contributed by atoms with Crippen LogP contribution in [-0.2, 0) is 42.9 Å². The third kappa shape index (κ3) is 14.1. The lowest BCUT2D eigenvalue weighted by atomic mass is 9.77. The maximum atomic E-state index is 13.9. The average molecular weight is 886 g/mol. The average Bonchev–Trinajstić information content (AvgIpc) is 3.55. The number of rotatable bonds is 12. The van der Waals surface area contributed by atoms with Gasteiger partial charge in [-0.1, -0.05) is 89.1 Å². The maximum Gasteiger partial charge on any atom is 0.373 e. The molecule has 0 radical (unpaired) electrons. The smallest absolute Gasteiger partial charge is 0.373 e. The number of nitrogens with one attached hydrogen (secondary N) is 1. The van der Waals surface area contributed by atoms with Crippen LogP contribution in [0.5, 0.6) is 0 Å². The first-order chi connectivity index (χ1) is 29.6. The lowest BCUT2D eigenvalue weighted by molar-refractivity contribution is -0.314. The molecule has 3 aliphatic rings. The minimum atomic E-state index is -2.10. The fraction of sp³-hybridized carbons (Fsp3) is 0.625. The Bertz CT molecular complexity index is 1830. The van der Waals surface area contributed by atoms with Crippen molar-refractivity contribution in [2.75, 3.05) is 14.2 Å². The minimum absolute atomic E-state index is 0.0618. The summed E-state index contributed by atoms with van der Waals surface area (Å²) in [4.78, 5) is 51.4. The van der Waals surface area contributed by atoms with Gasteiger partial charge >= 0.3 is 11.9 Å². The minimum Gasteiger partial charge on any atom is -0.510 e. The normalized spacial score (nSPS) is 36.4. The van der Waals surface area contributed by atoms with Crippen LogP contribution in [0.1, 0.15) is 94.4 Å². The number of cyclic esters (lactones) is 1. The van der Waals surface area contributed by atoms with E-state index in [2.05, 4.69) is 5.32 Å². The number of esters is 2. The summed E-state index contributed by atoms with van der Waals surface area (Å²) >= 11 is 0. The second-order valence-corrected chi connectivity index (χ2v) is 17.4. The third-order valence-electron chi connectivity index (χ3n) is 12.6. The summed E-state index contributed by atoms with van der Waals surface area (Å²) in [6, 6.07) is 0. The summed E-state index contributed by atoms with van der Waals surface area (Å²) in [6.45, 7) is 16.1. The Morgan fingerprint density at radius 3 is 2.33 bits per heavy atom. The van der Waals surface area contributed by atoms with Gasteiger partial charge in [-0.2, -0.15) is 0 Å². The van der Waals surface area contributed by atoms with Crippen LogP contribution >= 0.6 is 0 Å². The number of methoxy groups -OCH3 is 2. The SMILES string of the molecule is C/C=C/[C@H]1O[C@@](O)([C@@H](C)[C@H](O)[C@H](C)[C@H]2OC(=O)/C(OC)=C\C(C)=C/[C@@H](C)[C@@H](O)[C@@H](CC)[C@@H](O)[C@H](C)C/C(C)=C\C=C/[C@@H]2OC)C[C@@H](OC(=O)/C=C/C(=O)NC2=C(O)CCC2=O)[C@@H]1C. The molecule has 2 heterocycles. The molecule has 0 unspecified atom stereocenters. The molecule has 15 heteroatoms. The molecule has 15 nitrogen and oxygen atoms in total. The molecule has 0 aromatic heterocycles. The van der Waals surface area contributed by atoms with Crippen molar-refractivity contribution in [3.8, 4) is 0 Å². The molecule has 1 amide bonds. The van der Waals surface area contributed by atoms with E-state index in [1.165, 1.54) is 20.3 Å². The number of ether oxygens (including phenoxy) is 5. The quantitative estimate of drug-likeness (QED) is 0.0825. The van der Waals surface area contributed by atoms with Gasteiger partial charge in [0.15, 0.2) is 11.6 Å². The van der Waals surface area contributed by atoms with E-state index < -0.39 is 95.8 Å². The monoisotopic (exact) mass is 885 g/mol. The molecule has 63 heavy (non-hydrogen) atoms. The van der Waals surface area contributed by atoms with Crippen LogP contribution in [0.3, 0.4) is 0 Å². The van der Waals surface area contributed by atoms with Crippen molar-refractivity contribution in [3.05, 3.63) is 83.0 Å². The van der Waals surface area contributed by atoms with Crippen molar-refractivity contribution in [1.29, 1.82) is 0 Å². The van der Waals surface area contributed by atoms with Crippen LogP contribution in [-0.4, -0.2) is 112 Å². The van der Waals surface area contributed by atoms with Gasteiger partial charge in [0.05, 0.1) is 31.5 Å². The molecule has 0 bridgehead atoms. The molecule has 0 aromatic rings. The molecule has 0 spiro atoms. The summed E-state index contributed by atoms with van der Waals surface area (Å²) in [5.74, 6) is -8.99. The van der Waals surface area contributed by atoms with E-state index in [1.54, 1.807) is 65.0 Å². The zero-order chi connectivity index (χ0) is 47.3. The number of ketones is 1. The number of allylic oxidation sites excluding steroid dienone is 8. The van der Waals surface area contributed by atoms with Gasteiger partial charge in [-0.15, -0.1) is 0 Å². The summed E-state index contributed by atoms with van der Waals surface area (Å²) < 4.78 is 29.5. The van der Waals surface area contributed by atoms with Gasteiger partial charge < -0.3 is 54.5 Å². The van der Waals surface area contributed by atoms with E-state index in [0.29, 0.717) is 18.4 Å². The van der Waals surface area contributed by atoms with Crippen molar-refractivity contribution in [3.63, 3.8) is 0 Å². The van der Waals surface area contributed by atoms with E-state index in [-0.39, 0.29) is 48.3 Å². The highest BCUT2D eigenvalue weighted by atomic mass is 16.6. The van der Waals surface area contributed by atoms with E-state index >= 15 is 0 Å². The Balaban J connectivity index is 1.97. The zero-order valence-corrected chi connectivity index (χ0v) is 38.6. The molecule has 1 fully saturated rings. The fourth-order valence-corrected chi connectivity index (χ4v) is 8.59. The Kier molecular flexibility index (Phi) is 20.2. The molecule has 352 valence electrons. The van der Waals surface area contributed by atoms with Gasteiger partial charge in [-0.05, 0) is 45.6 Å². The van der Waals surface area contributed by atoms with Gasteiger partial charge in [-0.25, -0.2) is 9.59 Å². The second-order valence-electron chi connectivity index (χ2n) is 17.4. The number of carbonyl (C=O) groups is 4. The van der Waals surface area contributed by atoms with Crippen molar-refractivity contribution < 1.29 is 68.4 Å². The van der Waals surface area contributed by atoms with Crippen molar-refractivity contribution in [2.45, 2.75) is 143 Å². The van der Waals surface area contributed by atoms with Crippen LogP contribution < -0.4 is 5.32 Å². The Morgan fingerprint density at radius 2 is 1.75 bits per heavy atom. The van der Waals surface area contributed by atoms with Gasteiger partial charge in [0.2, 0.25) is 11.7 Å². The lowest BCUT2D eigenvalue weighted by Gasteiger charge is -2.48. The van der Waals surface area contributed by atoms with Gasteiger partial charge in [0, 0.05) is 68.1 Å². The van der Waals surface area contributed by atoms with Crippen LogP contribution in [0, 0.1) is 35.5 Å². The first-order valence-corrected chi connectivity index (χ1v) is 21.9. The topological polar surface area (TPSA) is 228 Å². The Hall–Kier alpha value is -4.38. The highest BCUT2D eigenvalue weighted by Crippen LogP contribution is 2.41. The number of carbonyl (C=O) groups excluding carboxylic acids is 4. The van der Waals surface area contributed by atoms with Crippen LogP contribution in [0.15, 0.2) is 83.0 Å². The summed E-state index contributed by atoms with van der Waals surface area (Å²) in [7, 11) is 2.75. The van der Waals surface area contributed by atoms with Gasteiger partial charge in [0.25, 0.3) is 0 Å². The molecular weight excluding hydrogens is 815 g/mol. The standard InChI is InChI=1S/C48H71NO14/c1-12-15-36-30(7)39(61-41(53)21-20-40(52)49-42-34(50)18-19-35(42)51)25-48(58,63-36)32(9)45(56)31(8)46-37(59-10)17-14-16-26(3)22-28(5)43(54)33(13-2)44(55)29(6)23-27(4)24-38(60-11)47(57)62-46/h12,14-17,20-21,23-24,28-33,36-37,39,43-46,50,54-56,58H,13,18-19,22,25H2,1-11H3,(H,49,52)/b15-12+,17-14-,21-20+,26-16-,27-23-,38-24+/t28-,29-,30-,31+,32+,33+,36-,37+,39-,43+,44-,45-,46-,48-/m1/s1. The summed E-state index contributed by atoms with van der Waals surface area (Å²) in [6.07, 6.45) is 7.80. The highest BCUT2D eigenvalue weighted by molar-refractivity contribution is 6.04. The molecule has 0 saturated carbocycles. The zero-order valence-electron chi connectivity index (χ0n) is 38.6. The van der Waals surface area contributed by atoms with Crippen LogP contribution in [0.4, 0.5) is 0 Å². The summed E-state index contributed by atoms with van der Waals surface area (Å²) in [5.41, 5.74) is 1.32. The molecular formula is C48H71NO14. The van der Waals surface area contributed by atoms with Crippen molar-refractivity contribution in [2.24, 2.45) is 35.5 Å². The maximum absolute atomic E-state index is 13.9. The van der Waals surface area contributed by atoms with E-state index in [4.69, 9.17) is 23.7 Å². The van der Waals surface area contributed by atoms with Gasteiger partial charge in [-0.3, -0.25) is 9.59 Å². The molecule has 1 aliphatic carbocycles. The highest BCUT2D eigenvalue weighted by Gasteiger charge is 2.52. The Morgan fingerprint density at radius 1 is 1.06 bits per heavy atom. The van der Waals surface area contributed by atoms with Gasteiger partial charge in [0.1, 0.15) is 29.8 Å². The fourth-order valence-electron chi connectivity index (χ4n) is 8.59. The van der Waals surface area contributed by atoms with Crippen LogP contribution in [0.25, 0.3) is 0 Å². The first kappa shape index (κ1) is 53.0. The molecule has 14 atom stereocenters. The number of aliphatic hydroxyl groups is 5. The lowest BCUT2D eigenvalue weighted by Crippen LogP contribution is -2.58. The predicted molar refractivity (Wildman–Crippen MR) is 235 cm³/mol. The largest absolute Gasteiger partial charge is 0.510 e. The Labute approximate surface area is 372 Å². The molecule has 3 rings (SSSR count). The third-order valence-corrected chi connectivity index (χ3v) is 12.6. The number of hydrogen-bond donors (Lipinski definition) is 6. The van der Waals surface area contributed by atoms with Crippen molar-refractivity contribution >= 4 is 23.6 Å². The summed E-state index contributed by atoms with van der Waals surface area (Å²) in [5, 5.41) is 59.2. The van der Waals surface area contributed by atoms with E-state index in [9.17, 15) is 44.7 Å². The number of amides is 1. The van der Waals surface area contributed by atoms with E-state index in [0.717, 1.165) is 17.7 Å². The molecule has 0 aromatic carbocycles. The first-order valence-electron chi connectivity index (χ1n) is 21.9. The van der Waals surface area contributed by atoms with Crippen LogP contribution in [0.2, 0.25) is 0 Å². The number of aliphatic hydroxyl groups excluding tert-OH is 4.